The van der Waals surface area contributed by atoms with Gasteiger partial charge in [-0.05, 0) is 67.9 Å². The van der Waals surface area contributed by atoms with Crippen LogP contribution in [0.25, 0.3) is 5.69 Å². The number of hydrogen-bond acceptors (Lipinski definition) is 3. The number of hydrogen-bond donors (Lipinski definition) is 2. The summed E-state index contributed by atoms with van der Waals surface area (Å²) in [5.74, 6) is 1.24. The Bertz CT molecular complexity index is 964. The van der Waals surface area contributed by atoms with E-state index < -0.39 is 0 Å². The molecule has 0 aliphatic heterocycles. The van der Waals surface area contributed by atoms with E-state index in [1.165, 1.54) is 0 Å². The Balaban J connectivity index is 1.41. The molecule has 0 spiro atoms. The molecule has 158 valence electrons. The van der Waals surface area contributed by atoms with Crippen LogP contribution in [0.5, 0.6) is 0 Å². The smallest absolute Gasteiger partial charge is 0.255 e. The third-order valence-electron chi connectivity index (χ3n) is 7.69. The van der Waals surface area contributed by atoms with Crippen LogP contribution in [0.3, 0.4) is 0 Å². The van der Waals surface area contributed by atoms with Gasteiger partial charge in [-0.3, -0.25) is 9.59 Å². The standard InChI is InChI=1S/C24H30N4O2/c1-14(2)21-19(13-26-28(21)18-6-4-3-5-7-18)22(29)27-20-16-8-15-9-17(20)12-24(10-15,11-16)23(25)30/h3-7,13-17,20H,8-12H2,1-2H3,(H2,25,30)(H,27,29). The minimum Gasteiger partial charge on any atom is -0.369 e. The maximum atomic E-state index is 13.4. The van der Waals surface area contributed by atoms with Crippen molar-refractivity contribution in [3.05, 3.63) is 47.8 Å². The van der Waals surface area contributed by atoms with Crippen LogP contribution in [0.2, 0.25) is 0 Å². The number of rotatable bonds is 5. The molecule has 4 aliphatic carbocycles. The zero-order chi connectivity index (χ0) is 21.0. The molecule has 2 unspecified atom stereocenters. The molecule has 4 bridgehead atoms. The second kappa shape index (κ2) is 6.96. The highest BCUT2D eigenvalue weighted by Crippen LogP contribution is 2.59. The summed E-state index contributed by atoms with van der Waals surface area (Å²) in [5.41, 5.74) is 8.00. The minimum absolute atomic E-state index is 0.0496. The van der Waals surface area contributed by atoms with E-state index in [0.717, 1.165) is 43.5 Å². The molecule has 3 N–H and O–H groups in total. The Morgan fingerprint density at radius 2 is 1.80 bits per heavy atom. The lowest BCUT2D eigenvalue weighted by molar-refractivity contribution is -0.145. The van der Waals surface area contributed by atoms with Gasteiger partial charge >= 0.3 is 0 Å². The van der Waals surface area contributed by atoms with Crippen molar-refractivity contribution in [3.8, 4) is 5.69 Å². The predicted octanol–water partition coefficient (Wildman–Crippen LogP) is 3.41. The van der Waals surface area contributed by atoms with Crippen molar-refractivity contribution in [2.75, 3.05) is 0 Å². The minimum atomic E-state index is -0.334. The summed E-state index contributed by atoms with van der Waals surface area (Å²) in [6.07, 6.45) is 6.46. The average Bonchev–Trinajstić information content (AvgIpc) is 3.16. The summed E-state index contributed by atoms with van der Waals surface area (Å²) in [7, 11) is 0. The number of para-hydroxylation sites is 1. The first-order valence-corrected chi connectivity index (χ1v) is 11.1. The average molecular weight is 407 g/mol. The number of nitrogens with one attached hydrogen (secondary N) is 1. The maximum absolute atomic E-state index is 13.4. The van der Waals surface area contributed by atoms with Gasteiger partial charge in [0.05, 0.1) is 23.1 Å². The Labute approximate surface area is 177 Å². The van der Waals surface area contributed by atoms with Gasteiger partial charge in [-0.25, -0.2) is 4.68 Å². The number of primary amides is 1. The molecule has 4 saturated carbocycles. The molecule has 6 rings (SSSR count). The Hall–Kier alpha value is -2.63. The number of nitrogens with zero attached hydrogens (tertiary/aromatic N) is 2. The molecule has 6 heteroatoms. The highest BCUT2D eigenvalue weighted by atomic mass is 16.2. The first-order valence-electron chi connectivity index (χ1n) is 11.1. The van der Waals surface area contributed by atoms with Crippen molar-refractivity contribution < 1.29 is 9.59 Å². The fourth-order valence-corrected chi connectivity index (χ4v) is 6.65. The molecule has 1 heterocycles. The van der Waals surface area contributed by atoms with Crippen LogP contribution in [-0.4, -0.2) is 27.6 Å². The van der Waals surface area contributed by atoms with Gasteiger partial charge in [-0.2, -0.15) is 5.10 Å². The molecule has 4 aliphatic rings. The highest BCUT2D eigenvalue weighted by molar-refractivity contribution is 5.95. The van der Waals surface area contributed by atoms with Gasteiger partial charge in [-0.1, -0.05) is 32.0 Å². The molecule has 6 nitrogen and oxygen atoms in total. The Morgan fingerprint density at radius 3 is 2.40 bits per heavy atom. The lowest BCUT2D eigenvalue weighted by atomic mass is 9.47. The number of nitrogens with two attached hydrogens (primary N) is 1. The van der Waals surface area contributed by atoms with E-state index in [2.05, 4.69) is 24.3 Å². The van der Waals surface area contributed by atoms with Crippen molar-refractivity contribution in [1.82, 2.24) is 15.1 Å². The third-order valence-corrected chi connectivity index (χ3v) is 7.69. The Kier molecular flexibility index (Phi) is 4.49. The van der Waals surface area contributed by atoms with Crippen LogP contribution >= 0.6 is 0 Å². The number of benzene rings is 1. The third kappa shape index (κ3) is 2.96. The van der Waals surface area contributed by atoms with Crippen LogP contribution < -0.4 is 11.1 Å². The monoisotopic (exact) mass is 406 g/mol. The van der Waals surface area contributed by atoms with E-state index in [9.17, 15) is 9.59 Å². The predicted molar refractivity (Wildman–Crippen MR) is 114 cm³/mol. The number of carbonyl (C=O) groups excluding carboxylic acids is 2. The van der Waals surface area contributed by atoms with Gasteiger partial charge in [0, 0.05) is 11.5 Å². The number of aromatic nitrogens is 2. The topological polar surface area (TPSA) is 90.0 Å². The van der Waals surface area contributed by atoms with Gasteiger partial charge in [-0.15, -0.1) is 0 Å². The number of amides is 2. The fraction of sp³-hybridized carbons (Fsp3) is 0.542. The summed E-state index contributed by atoms with van der Waals surface area (Å²) in [6, 6.07) is 10.1. The molecule has 2 amide bonds. The quantitative estimate of drug-likeness (QED) is 0.797. The molecule has 2 aromatic rings. The van der Waals surface area contributed by atoms with Gasteiger partial charge in [0.15, 0.2) is 0 Å². The van der Waals surface area contributed by atoms with E-state index in [1.54, 1.807) is 6.20 Å². The summed E-state index contributed by atoms with van der Waals surface area (Å²) >= 11 is 0. The van der Waals surface area contributed by atoms with Gasteiger partial charge < -0.3 is 11.1 Å². The van der Waals surface area contributed by atoms with Gasteiger partial charge in [0.2, 0.25) is 5.91 Å². The summed E-state index contributed by atoms with van der Waals surface area (Å²) in [6.45, 7) is 4.18. The van der Waals surface area contributed by atoms with Crippen molar-refractivity contribution in [2.45, 2.75) is 57.9 Å². The van der Waals surface area contributed by atoms with E-state index in [-0.39, 0.29) is 29.2 Å². The maximum Gasteiger partial charge on any atom is 0.255 e. The summed E-state index contributed by atoms with van der Waals surface area (Å²) in [4.78, 5) is 25.5. The summed E-state index contributed by atoms with van der Waals surface area (Å²) < 4.78 is 1.87. The van der Waals surface area contributed by atoms with Crippen LogP contribution in [0.1, 0.15) is 67.9 Å². The summed E-state index contributed by atoms with van der Waals surface area (Å²) in [5, 5.41) is 7.89. The van der Waals surface area contributed by atoms with Crippen molar-refractivity contribution in [1.29, 1.82) is 0 Å². The Morgan fingerprint density at radius 1 is 1.13 bits per heavy atom. The van der Waals surface area contributed by atoms with Gasteiger partial charge in [0.1, 0.15) is 0 Å². The first-order chi connectivity index (χ1) is 14.4. The van der Waals surface area contributed by atoms with Crippen LogP contribution in [0, 0.1) is 23.2 Å². The normalized spacial score (nSPS) is 31.8. The van der Waals surface area contributed by atoms with E-state index in [4.69, 9.17) is 5.73 Å². The second-order valence-corrected chi connectivity index (χ2v) is 9.96. The molecule has 4 fully saturated rings. The molecular weight excluding hydrogens is 376 g/mol. The van der Waals surface area contributed by atoms with Crippen molar-refractivity contribution >= 4 is 11.8 Å². The zero-order valence-corrected chi connectivity index (χ0v) is 17.7. The molecule has 1 aromatic carbocycles. The molecule has 0 radical (unpaired) electrons. The fourth-order valence-electron chi connectivity index (χ4n) is 6.65. The van der Waals surface area contributed by atoms with Crippen molar-refractivity contribution in [3.63, 3.8) is 0 Å². The van der Waals surface area contributed by atoms with Crippen molar-refractivity contribution in [2.24, 2.45) is 28.9 Å². The highest BCUT2D eigenvalue weighted by Gasteiger charge is 2.58. The lowest BCUT2D eigenvalue weighted by Gasteiger charge is -2.58. The van der Waals surface area contributed by atoms with Crippen LogP contribution in [0.4, 0.5) is 0 Å². The van der Waals surface area contributed by atoms with E-state index in [1.807, 2.05) is 35.0 Å². The molecule has 1 aromatic heterocycles. The molecule has 30 heavy (non-hydrogen) atoms. The van der Waals surface area contributed by atoms with Crippen LogP contribution in [0.15, 0.2) is 36.5 Å². The van der Waals surface area contributed by atoms with Crippen LogP contribution in [-0.2, 0) is 4.79 Å². The van der Waals surface area contributed by atoms with E-state index in [0.29, 0.717) is 23.3 Å². The second-order valence-electron chi connectivity index (χ2n) is 9.96. The largest absolute Gasteiger partial charge is 0.369 e. The first kappa shape index (κ1) is 19.3. The molecule has 2 atom stereocenters. The molecular formula is C24H30N4O2. The SMILES string of the molecule is CC(C)c1c(C(=O)NC2C3CC4CC2CC(C(N)=O)(C4)C3)cnn1-c1ccccc1. The zero-order valence-electron chi connectivity index (χ0n) is 17.7. The van der Waals surface area contributed by atoms with E-state index >= 15 is 0 Å². The lowest BCUT2D eigenvalue weighted by Crippen LogP contribution is -2.62. The number of carbonyl (C=O) groups is 2. The molecule has 0 saturated heterocycles. The van der Waals surface area contributed by atoms with Gasteiger partial charge in [0.25, 0.3) is 5.91 Å².